The van der Waals surface area contributed by atoms with Crippen molar-refractivity contribution in [3.05, 3.63) is 68.7 Å². The van der Waals surface area contributed by atoms with Gasteiger partial charge in [-0.05, 0) is 54.4 Å². The van der Waals surface area contributed by atoms with Gasteiger partial charge < -0.3 is 15.1 Å². The SMILES string of the molecule is Cl.O=C1N(Cc2cc(C(F)(F)F)cc(C(F)(F)F)c2)CCN1[C@@H]1CCNC[C@H]1c1ccc(Cl)c(Cl)c1. The van der Waals surface area contributed by atoms with Crippen LogP contribution in [0, 0.1) is 0 Å². The van der Waals surface area contributed by atoms with Crippen LogP contribution in [0.4, 0.5) is 31.1 Å². The van der Waals surface area contributed by atoms with Crippen molar-refractivity contribution in [2.24, 2.45) is 0 Å². The Bertz CT molecular complexity index is 1080. The van der Waals surface area contributed by atoms with E-state index in [-0.39, 0.29) is 49.1 Å². The van der Waals surface area contributed by atoms with E-state index >= 15 is 0 Å². The molecule has 2 aromatic carbocycles. The third-order valence-electron chi connectivity index (χ3n) is 6.37. The minimum absolute atomic E-state index is 0. The molecule has 0 aliphatic carbocycles. The van der Waals surface area contributed by atoms with E-state index < -0.39 is 29.5 Å². The zero-order valence-corrected chi connectivity index (χ0v) is 20.9. The van der Waals surface area contributed by atoms with Crippen LogP contribution in [0.15, 0.2) is 36.4 Å². The molecule has 0 aromatic heterocycles. The highest BCUT2D eigenvalue weighted by atomic mass is 35.5. The van der Waals surface area contributed by atoms with Crippen molar-refractivity contribution in [1.29, 1.82) is 0 Å². The van der Waals surface area contributed by atoms with E-state index in [9.17, 15) is 31.1 Å². The number of hydrogen-bond donors (Lipinski definition) is 1. The van der Waals surface area contributed by atoms with Gasteiger partial charge in [-0.3, -0.25) is 0 Å². The first-order valence-electron chi connectivity index (χ1n) is 10.8. The topological polar surface area (TPSA) is 35.6 Å². The monoisotopic (exact) mass is 575 g/mol. The highest BCUT2D eigenvalue weighted by Gasteiger charge is 2.40. The largest absolute Gasteiger partial charge is 0.416 e. The van der Waals surface area contributed by atoms with Crippen molar-refractivity contribution in [1.82, 2.24) is 15.1 Å². The number of amides is 2. The van der Waals surface area contributed by atoms with Gasteiger partial charge in [0.25, 0.3) is 0 Å². The van der Waals surface area contributed by atoms with Gasteiger partial charge in [-0.2, -0.15) is 26.3 Å². The van der Waals surface area contributed by atoms with Crippen LogP contribution in [-0.4, -0.2) is 48.1 Å². The minimum atomic E-state index is -4.95. The summed E-state index contributed by atoms with van der Waals surface area (Å²) >= 11 is 12.2. The Morgan fingerprint density at radius 3 is 2.14 bits per heavy atom. The summed E-state index contributed by atoms with van der Waals surface area (Å²) in [7, 11) is 0. The average Bonchev–Trinajstić information content (AvgIpc) is 3.14. The standard InChI is InChI=1S/C23H21Cl2F6N3O.ClH/c24-18-2-1-14(9-19(18)25)17-11-32-4-3-20(17)34-6-5-33(21(34)35)12-13-7-15(22(26,27)28)10-16(8-13)23(29,30)31;/h1-2,7-10,17,20,32H,3-6,11-12H2;1H/t17-,20+;/m0./s1. The zero-order chi connectivity index (χ0) is 25.5. The molecule has 198 valence electrons. The molecule has 0 saturated carbocycles. The van der Waals surface area contributed by atoms with Gasteiger partial charge in [0.05, 0.1) is 21.2 Å². The van der Waals surface area contributed by atoms with Gasteiger partial charge in [0.2, 0.25) is 0 Å². The molecule has 13 heteroatoms. The molecule has 2 aliphatic heterocycles. The predicted octanol–water partition coefficient (Wildman–Crippen LogP) is 6.84. The van der Waals surface area contributed by atoms with Crippen molar-refractivity contribution < 1.29 is 31.1 Å². The lowest BCUT2D eigenvalue weighted by Crippen LogP contribution is -2.49. The van der Waals surface area contributed by atoms with Gasteiger partial charge in [0.15, 0.2) is 0 Å². The molecule has 2 saturated heterocycles. The maximum Gasteiger partial charge on any atom is 0.416 e. The molecule has 0 bridgehead atoms. The smallest absolute Gasteiger partial charge is 0.319 e. The molecule has 4 nitrogen and oxygen atoms in total. The Labute approximate surface area is 219 Å². The second kappa shape index (κ2) is 10.8. The maximum atomic E-state index is 13.2. The van der Waals surface area contributed by atoms with Crippen LogP contribution in [0.3, 0.4) is 0 Å². The summed E-state index contributed by atoms with van der Waals surface area (Å²) in [5.74, 6) is -0.104. The highest BCUT2D eigenvalue weighted by Crippen LogP contribution is 2.37. The second-order valence-corrected chi connectivity index (χ2v) is 9.47. The molecule has 0 spiro atoms. The van der Waals surface area contributed by atoms with Crippen LogP contribution >= 0.6 is 35.6 Å². The molecule has 2 fully saturated rings. The van der Waals surface area contributed by atoms with Crippen LogP contribution in [0.25, 0.3) is 0 Å². The first-order chi connectivity index (χ1) is 16.3. The zero-order valence-electron chi connectivity index (χ0n) is 18.6. The van der Waals surface area contributed by atoms with Crippen LogP contribution in [0.5, 0.6) is 0 Å². The molecule has 0 unspecified atom stereocenters. The number of rotatable bonds is 4. The van der Waals surface area contributed by atoms with Crippen LogP contribution in [0.1, 0.15) is 34.6 Å². The van der Waals surface area contributed by atoms with Crippen molar-refractivity contribution in [2.75, 3.05) is 26.2 Å². The Morgan fingerprint density at radius 1 is 0.917 bits per heavy atom. The normalized spacial score (nSPS) is 21.1. The minimum Gasteiger partial charge on any atom is -0.319 e. The number of alkyl halides is 6. The fourth-order valence-corrected chi connectivity index (χ4v) is 4.99. The highest BCUT2D eigenvalue weighted by molar-refractivity contribution is 6.42. The summed E-state index contributed by atoms with van der Waals surface area (Å²) in [5, 5.41) is 4.07. The van der Waals surface area contributed by atoms with Gasteiger partial charge in [-0.1, -0.05) is 29.3 Å². The first kappa shape index (κ1) is 28.7. The number of carbonyl (C=O) groups is 1. The van der Waals surface area contributed by atoms with E-state index in [0.717, 1.165) is 5.56 Å². The molecule has 2 amide bonds. The van der Waals surface area contributed by atoms with E-state index in [0.29, 0.717) is 48.2 Å². The van der Waals surface area contributed by atoms with Crippen molar-refractivity contribution in [2.45, 2.75) is 37.3 Å². The van der Waals surface area contributed by atoms with Crippen molar-refractivity contribution in [3.63, 3.8) is 0 Å². The fraction of sp³-hybridized carbons (Fsp3) is 0.435. The first-order valence-corrected chi connectivity index (χ1v) is 11.6. The van der Waals surface area contributed by atoms with Gasteiger partial charge in [0.1, 0.15) is 0 Å². The third kappa shape index (κ3) is 6.15. The lowest BCUT2D eigenvalue weighted by Gasteiger charge is -2.38. The number of piperidine rings is 1. The number of nitrogens with one attached hydrogen (secondary N) is 1. The van der Waals surface area contributed by atoms with Crippen LogP contribution in [-0.2, 0) is 18.9 Å². The molecular formula is C23H22Cl3F6N3O. The van der Waals surface area contributed by atoms with Crippen LogP contribution < -0.4 is 5.32 Å². The molecule has 2 atom stereocenters. The van der Waals surface area contributed by atoms with Gasteiger partial charge >= 0.3 is 18.4 Å². The Kier molecular flexibility index (Phi) is 8.65. The lowest BCUT2D eigenvalue weighted by molar-refractivity contribution is -0.143. The second-order valence-electron chi connectivity index (χ2n) is 8.65. The number of nitrogens with zero attached hydrogens (tertiary/aromatic N) is 2. The van der Waals surface area contributed by atoms with Gasteiger partial charge in [-0.25, -0.2) is 4.79 Å². The molecule has 36 heavy (non-hydrogen) atoms. The van der Waals surface area contributed by atoms with Gasteiger partial charge in [-0.15, -0.1) is 12.4 Å². The summed E-state index contributed by atoms with van der Waals surface area (Å²) in [6.45, 7) is 1.38. The van der Waals surface area contributed by atoms with E-state index in [2.05, 4.69) is 5.32 Å². The predicted molar refractivity (Wildman–Crippen MR) is 127 cm³/mol. The molecule has 2 aliphatic rings. The quantitative estimate of drug-likeness (QED) is 0.405. The lowest BCUT2D eigenvalue weighted by atomic mass is 9.86. The number of urea groups is 1. The summed E-state index contributed by atoms with van der Waals surface area (Å²) in [4.78, 5) is 16.1. The Balaban J connectivity index is 0.00000361. The molecule has 1 N–H and O–H groups in total. The summed E-state index contributed by atoms with van der Waals surface area (Å²) in [6, 6.07) is 6.02. The fourth-order valence-electron chi connectivity index (χ4n) is 4.69. The Hall–Kier alpha value is -1.88. The molecule has 2 aromatic rings. The van der Waals surface area contributed by atoms with Crippen molar-refractivity contribution >= 4 is 41.6 Å². The van der Waals surface area contributed by atoms with Gasteiger partial charge in [0, 0.05) is 38.1 Å². The molecule has 4 rings (SSSR count). The number of halogens is 9. The van der Waals surface area contributed by atoms with E-state index in [1.165, 1.54) is 4.90 Å². The summed E-state index contributed by atoms with van der Waals surface area (Å²) < 4.78 is 79.3. The van der Waals surface area contributed by atoms with Crippen LogP contribution in [0.2, 0.25) is 10.0 Å². The summed E-state index contributed by atoms with van der Waals surface area (Å²) in [6.07, 6.45) is -9.26. The molecular weight excluding hydrogens is 555 g/mol. The number of carbonyl (C=O) groups excluding carboxylic acids is 1. The van der Waals surface area contributed by atoms with Crippen molar-refractivity contribution in [3.8, 4) is 0 Å². The number of hydrogen-bond acceptors (Lipinski definition) is 2. The summed E-state index contributed by atoms with van der Waals surface area (Å²) in [5.41, 5.74) is -2.14. The van der Waals surface area contributed by atoms with E-state index in [1.807, 2.05) is 6.07 Å². The molecule has 2 heterocycles. The van der Waals surface area contributed by atoms with E-state index in [4.69, 9.17) is 23.2 Å². The number of benzene rings is 2. The maximum absolute atomic E-state index is 13.2. The Morgan fingerprint density at radius 2 is 1.56 bits per heavy atom. The third-order valence-corrected chi connectivity index (χ3v) is 7.10. The van der Waals surface area contributed by atoms with E-state index in [1.54, 1.807) is 17.0 Å². The average molecular weight is 577 g/mol. The molecule has 0 radical (unpaired) electrons.